The summed E-state index contributed by atoms with van der Waals surface area (Å²) in [5, 5.41) is 9.80. The van der Waals surface area contributed by atoms with Crippen LogP contribution >= 0.6 is 0 Å². The summed E-state index contributed by atoms with van der Waals surface area (Å²) in [6.45, 7) is 3.19. The summed E-state index contributed by atoms with van der Waals surface area (Å²) in [6, 6.07) is 19.7. The normalized spacial score (nSPS) is 18.5. The number of hydrogen-bond acceptors (Lipinski definition) is 4. The van der Waals surface area contributed by atoms with Crippen LogP contribution in [0.4, 0.5) is 0 Å². The summed E-state index contributed by atoms with van der Waals surface area (Å²) >= 11 is 0. The van der Waals surface area contributed by atoms with Crippen molar-refractivity contribution in [3.05, 3.63) is 71.3 Å². The molecule has 2 aromatic carbocycles. The first-order chi connectivity index (χ1) is 14.1. The zero-order valence-corrected chi connectivity index (χ0v) is 16.5. The average Bonchev–Trinajstić information content (AvgIpc) is 3.02. The number of nitriles is 1. The first-order valence-corrected chi connectivity index (χ1v) is 10.3. The first kappa shape index (κ1) is 19.4. The second-order valence-corrected chi connectivity index (χ2v) is 7.92. The van der Waals surface area contributed by atoms with Gasteiger partial charge in [-0.1, -0.05) is 42.5 Å². The number of rotatable bonds is 6. The molecule has 0 N–H and O–H groups in total. The van der Waals surface area contributed by atoms with Crippen LogP contribution in [0, 0.1) is 11.3 Å². The number of nitrogens with zero attached hydrogens (tertiary/aromatic N) is 3. The number of hydrogen-bond donors (Lipinski definition) is 0. The van der Waals surface area contributed by atoms with Crippen molar-refractivity contribution in [2.45, 2.75) is 31.1 Å². The van der Waals surface area contributed by atoms with E-state index in [1.165, 1.54) is 4.90 Å². The molecule has 5 nitrogen and oxygen atoms in total. The topological polar surface area (TPSA) is 64.4 Å². The van der Waals surface area contributed by atoms with E-state index >= 15 is 0 Å². The van der Waals surface area contributed by atoms with Gasteiger partial charge in [0.15, 0.2) is 0 Å². The number of fused-ring (bicyclic) bond motifs is 1. The van der Waals surface area contributed by atoms with Crippen LogP contribution in [0.1, 0.15) is 52.0 Å². The van der Waals surface area contributed by atoms with Crippen molar-refractivity contribution in [2.24, 2.45) is 0 Å². The van der Waals surface area contributed by atoms with Gasteiger partial charge in [-0.2, -0.15) is 5.26 Å². The molecule has 0 saturated carbocycles. The van der Waals surface area contributed by atoms with Crippen LogP contribution in [0.5, 0.6) is 0 Å². The van der Waals surface area contributed by atoms with Gasteiger partial charge in [-0.25, -0.2) is 0 Å². The molecule has 5 heteroatoms. The zero-order valence-electron chi connectivity index (χ0n) is 16.5. The SMILES string of the molecule is N#CC1(c2ccccc2)CCN(CCCCN2C(=O)c3ccccc3C2=O)CC1. The van der Waals surface area contributed by atoms with E-state index < -0.39 is 0 Å². The predicted octanol–water partition coefficient (Wildman–Crippen LogP) is 3.62. The van der Waals surface area contributed by atoms with Gasteiger partial charge in [0, 0.05) is 6.54 Å². The largest absolute Gasteiger partial charge is 0.303 e. The molecule has 2 aliphatic heterocycles. The summed E-state index contributed by atoms with van der Waals surface area (Å²) in [5.41, 5.74) is 1.77. The van der Waals surface area contributed by atoms with Gasteiger partial charge < -0.3 is 4.90 Å². The van der Waals surface area contributed by atoms with E-state index in [0.29, 0.717) is 17.7 Å². The smallest absolute Gasteiger partial charge is 0.261 e. The van der Waals surface area contributed by atoms with Gasteiger partial charge in [-0.05, 0) is 63.0 Å². The maximum Gasteiger partial charge on any atom is 0.261 e. The molecule has 0 aliphatic carbocycles. The Morgan fingerprint density at radius 3 is 1.97 bits per heavy atom. The van der Waals surface area contributed by atoms with E-state index in [0.717, 1.165) is 50.9 Å². The summed E-state index contributed by atoms with van der Waals surface area (Å²) < 4.78 is 0. The Morgan fingerprint density at radius 1 is 0.828 bits per heavy atom. The van der Waals surface area contributed by atoms with Gasteiger partial charge in [0.05, 0.1) is 22.6 Å². The van der Waals surface area contributed by atoms with E-state index in [1.54, 1.807) is 24.3 Å². The lowest BCUT2D eigenvalue weighted by Crippen LogP contribution is -2.42. The minimum atomic E-state index is -0.377. The molecule has 0 radical (unpaired) electrons. The van der Waals surface area contributed by atoms with E-state index in [-0.39, 0.29) is 17.2 Å². The quantitative estimate of drug-likeness (QED) is 0.561. The highest BCUT2D eigenvalue weighted by Gasteiger charge is 2.36. The van der Waals surface area contributed by atoms with E-state index in [9.17, 15) is 14.9 Å². The molecule has 0 unspecified atom stereocenters. The molecule has 2 aliphatic rings. The molecule has 2 heterocycles. The highest BCUT2D eigenvalue weighted by Crippen LogP contribution is 2.34. The fourth-order valence-electron chi connectivity index (χ4n) is 4.43. The van der Waals surface area contributed by atoms with E-state index in [4.69, 9.17) is 0 Å². The molecule has 0 atom stereocenters. The van der Waals surface area contributed by atoms with E-state index in [1.807, 2.05) is 18.2 Å². The summed E-state index contributed by atoms with van der Waals surface area (Å²) in [7, 11) is 0. The molecule has 148 valence electrons. The first-order valence-electron chi connectivity index (χ1n) is 10.3. The lowest BCUT2D eigenvalue weighted by Gasteiger charge is -2.37. The van der Waals surface area contributed by atoms with Crippen LogP contribution in [-0.4, -0.2) is 47.8 Å². The molecule has 29 heavy (non-hydrogen) atoms. The van der Waals surface area contributed by atoms with Crippen molar-refractivity contribution < 1.29 is 9.59 Å². The number of imide groups is 1. The third kappa shape index (κ3) is 3.68. The van der Waals surface area contributed by atoms with E-state index in [2.05, 4.69) is 23.1 Å². The number of piperidine rings is 1. The van der Waals surface area contributed by atoms with Crippen LogP contribution in [0.15, 0.2) is 54.6 Å². The van der Waals surface area contributed by atoms with Gasteiger partial charge in [-0.15, -0.1) is 0 Å². The van der Waals surface area contributed by atoms with Crippen LogP contribution in [0.3, 0.4) is 0 Å². The highest BCUT2D eigenvalue weighted by molar-refractivity contribution is 6.21. The minimum Gasteiger partial charge on any atom is -0.303 e. The van der Waals surface area contributed by atoms with Crippen molar-refractivity contribution in [1.29, 1.82) is 5.26 Å². The molecule has 1 fully saturated rings. The number of amides is 2. The molecule has 1 saturated heterocycles. The predicted molar refractivity (Wildman–Crippen MR) is 110 cm³/mol. The van der Waals surface area contributed by atoms with Crippen LogP contribution in [-0.2, 0) is 5.41 Å². The maximum atomic E-state index is 12.4. The third-order valence-corrected chi connectivity index (χ3v) is 6.23. The molecular formula is C24H25N3O2. The standard InChI is InChI=1S/C24H25N3O2/c25-18-24(19-8-2-1-3-9-19)12-16-26(17-13-24)14-6-7-15-27-22(28)20-10-4-5-11-21(20)23(27)29/h1-5,8-11H,6-7,12-17H2. The Morgan fingerprint density at radius 2 is 1.38 bits per heavy atom. The molecule has 4 rings (SSSR count). The minimum absolute atomic E-state index is 0.176. The number of benzene rings is 2. The third-order valence-electron chi connectivity index (χ3n) is 6.23. The fraction of sp³-hybridized carbons (Fsp3) is 0.375. The van der Waals surface area contributed by atoms with Gasteiger partial charge in [0.2, 0.25) is 0 Å². The number of carbonyl (C=O) groups is 2. The second kappa shape index (κ2) is 8.18. The Balaban J connectivity index is 1.25. The lowest BCUT2D eigenvalue weighted by molar-refractivity contribution is 0.0649. The monoisotopic (exact) mass is 387 g/mol. The van der Waals surface area contributed by atoms with Crippen LogP contribution in [0.2, 0.25) is 0 Å². The molecule has 0 bridgehead atoms. The van der Waals surface area contributed by atoms with Crippen molar-refractivity contribution in [3.63, 3.8) is 0 Å². The Hall–Kier alpha value is -2.97. The number of unbranched alkanes of at least 4 members (excludes halogenated alkanes) is 1. The molecule has 0 spiro atoms. The van der Waals surface area contributed by atoms with Gasteiger partial charge in [0.1, 0.15) is 0 Å². The molecule has 2 amide bonds. The Labute approximate surface area is 171 Å². The fourth-order valence-corrected chi connectivity index (χ4v) is 4.43. The zero-order chi connectivity index (χ0) is 20.3. The van der Waals surface area contributed by atoms with Crippen molar-refractivity contribution in [2.75, 3.05) is 26.2 Å². The summed E-state index contributed by atoms with van der Waals surface area (Å²) in [5.74, 6) is -0.351. The Bertz CT molecular complexity index is 905. The number of carbonyl (C=O) groups excluding carboxylic acids is 2. The lowest BCUT2D eigenvalue weighted by atomic mass is 9.74. The maximum absolute atomic E-state index is 12.4. The van der Waals surface area contributed by atoms with Crippen molar-refractivity contribution in [3.8, 4) is 6.07 Å². The summed E-state index contributed by atoms with van der Waals surface area (Å²) in [4.78, 5) is 28.6. The number of likely N-dealkylation sites (tertiary alicyclic amines) is 1. The van der Waals surface area contributed by atoms with Crippen molar-refractivity contribution in [1.82, 2.24) is 9.80 Å². The highest BCUT2D eigenvalue weighted by atomic mass is 16.2. The van der Waals surface area contributed by atoms with Crippen LogP contribution < -0.4 is 0 Å². The summed E-state index contributed by atoms with van der Waals surface area (Å²) in [6.07, 6.45) is 3.40. The molecule has 0 aromatic heterocycles. The molecular weight excluding hydrogens is 362 g/mol. The van der Waals surface area contributed by atoms with Crippen LogP contribution in [0.25, 0.3) is 0 Å². The van der Waals surface area contributed by atoms with Gasteiger partial charge in [-0.3, -0.25) is 14.5 Å². The van der Waals surface area contributed by atoms with Gasteiger partial charge >= 0.3 is 0 Å². The Kier molecular flexibility index (Phi) is 5.46. The van der Waals surface area contributed by atoms with Gasteiger partial charge in [0.25, 0.3) is 11.8 Å². The van der Waals surface area contributed by atoms with Crippen molar-refractivity contribution >= 4 is 11.8 Å². The second-order valence-electron chi connectivity index (χ2n) is 7.92. The average molecular weight is 387 g/mol. The molecule has 2 aromatic rings.